The topological polar surface area (TPSA) is 0 Å². The summed E-state index contributed by atoms with van der Waals surface area (Å²) in [4.78, 5) is 0. The van der Waals surface area contributed by atoms with E-state index in [1.54, 1.807) is 97.5 Å². The Morgan fingerprint density at radius 2 is 1.07 bits per heavy atom. The van der Waals surface area contributed by atoms with Crippen molar-refractivity contribution in [2.45, 2.75) is 17.8 Å². The van der Waals surface area contributed by atoms with Gasteiger partial charge in [0.25, 0.3) is 0 Å². The molecule has 0 radical (unpaired) electrons. The fourth-order valence-electron chi connectivity index (χ4n) is 13.3. The van der Waals surface area contributed by atoms with Crippen molar-refractivity contribution in [3.05, 3.63) is 82.1 Å². The van der Waals surface area contributed by atoms with Crippen LogP contribution < -0.4 is 5.22 Å². The van der Waals surface area contributed by atoms with E-state index >= 15 is 0 Å². The highest BCUT2D eigenvalue weighted by molar-refractivity contribution is 6.59. The van der Waals surface area contributed by atoms with Crippen molar-refractivity contribution in [2.75, 3.05) is 0 Å². The van der Waals surface area contributed by atoms with E-state index in [1.807, 2.05) is 5.57 Å². The highest BCUT2D eigenvalue weighted by Gasteiger charge is 2.59. The van der Waals surface area contributed by atoms with Crippen LogP contribution in [0.2, 0.25) is 0 Å². The molecule has 0 heteroatoms. The van der Waals surface area contributed by atoms with Gasteiger partial charge in [0, 0.05) is 17.8 Å². The van der Waals surface area contributed by atoms with Gasteiger partial charge in [0.1, 0.15) is 0 Å². The second-order valence-electron chi connectivity index (χ2n) is 14.4. The van der Waals surface area contributed by atoms with Crippen molar-refractivity contribution in [1.29, 1.82) is 0 Å². The van der Waals surface area contributed by atoms with E-state index < -0.39 is 0 Å². The summed E-state index contributed by atoms with van der Waals surface area (Å²) >= 11 is 0. The van der Waals surface area contributed by atoms with Crippen LogP contribution in [0.3, 0.4) is 0 Å². The van der Waals surface area contributed by atoms with Crippen molar-refractivity contribution >= 4 is 109 Å². The van der Waals surface area contributed by atoms with Crippen molar-refractivity contribution in [3.8, 4) is 0 Å². The lowest BCUT2D eigenvalue weighted by molar-refractivity contribution is 0.355. The van der Waals surface area contributed by atoms with Crippen molar-refractivity contribution in [2.24, 2.45) is 17.8 Å². The van der Waals surface area contributed by atoms with Gasteiger partial charge in [0.2, 0.25) is 0 Å². The minimum absolute atomic E-state index is 0.534. The number of hydrogen-bond acceptors (Lipinski definition) is 0. The Kier molecular flexibility index (Phi) is 1.77. The Labute approximate surface area is 225 Å². The molecule has 6 atom stereocenters. The molecule has 0 saturated heterocycles. The number of allylic oxidation sites excluding steroid dienone is 3. The second-order valence-corrected chi connectivity index (χ2v) is 14.4. The van der Waals surface area contributed by atoms with Crippen LogP contribution in [-0.4, -0.2) is 0 Å². The lowest BCUT2D eigenvalue weighted by Gasteiger charge is -2.37. The Balaban J connectivity index is 1.48. The molecule has 0 aromatic heterocycles. The Bertz CT molecular complexity index is 3110. The smallest absolute Gasteiger partial charge is 0.0142 e. The first-order valence-electron chi connectivity index (χ1n) is 15.3. The summed E-state index contributed by atoms with van der Waals surface area (Å²) in [6.45, 7) is 0. The van der Waals surface area contributed by atoms with Crippen LogP contribution in [0.1, 0.15) is 40.0 Å². The minimum Gasteiger partial charge on any atom is -0.0835 e. The van der Waals surface area contributed by atoms with E-state index in [-0.39, 0.29) is 0 Å². The zero-order valence-electron chi connectivity index (χ0n) is 21.2. The van der Waals surface area contributed by atoms with Crippen LogP contribution in [-0.2, 0) is 0 Å². The van der Waals surface area contributed by atoms with Crippen LogP contribution in [0.4, 0.5) is 0 Å². The molecule has 40 heavy (non-hydrogen) atoms. The molecule has 6 aliphatic rings. The Morgan fingerprint density at radius 1 is 0.425 bits per heavy atom. The maximum Gasteiger partial charge on any atom is 0.0142 e. The number of rotatable bonds is 0. The lowest BCUT2D eigenvalue weighted by atomic mass is 9.65. The van der Waals surface area contributed by atoms with Gasteiger partial charge in [0.05, 0.1) is 0 Å². The lowest BCUT2D eigenvalue weighted by Crippen LogP contribution is -2.31. The summed E-state index contributed by atoms with van der Waals surface area (Å²) in [5.74, 6) is 3.60. The number of hydrogen-bond donors (Lipinski definition) is 0. The molecule has 0 nitrogen and oxygen atoms in total. The minimum atomic E-state index is 0.534. The molecular weight excluding hydrogens is 480 g/mol. The molecule has 6 unspecified atom stereocenters. The summed E-state index contributed by atoms with van der Waals surface area (Å²) in [5, 5.41) is 30.3. The Hall–Kier alpha value is -4.42. The monoisotopic (exact) mass is 496 g/mol. The first-order valence-corrected chi connectivity index (χ1v) is 15.3. The molecule has 10 aromatic carbocycles. The number of benzene rings is 6. The van der Waals surface area contributed by atoms with Crippen LogP contribution in [0.15, 0.2) is 54.6 Å². The molecule has 0 N–H and O–H groups in total. The third kappa shape index (κ3) is 1.09. The summed E-state index contributed by atoms with van der Waals surface area (Å²) < 4.78 is 0. The van der Waals surface area contributed by atoms with E-state index in [0.717, 1.165) is 0 Å². The van der Waals surface area contributed by atoms with Crippen LogP contribution in [0.5, 0.6) is 0 Å². The quantitative estimate of drug-likeness (QED) is 0.145. The van der Waals surface area contributed by atoms with Gasteiger partial charge in [-0.05, 0) is 148 Å². The maximum absolute atomic E-state index is 2.69. The largest absolute Gasteiger partial charge is 0.0835 e. The van der Waals surface area contributed by atoms with Crippen molar-refractivity contribution in [1.82, 2.24) is 0 Å². The van der Waals surface area contributed by atoms with Gasteiger partial charge in [-0.25, -0.2) is 0 Å². The molecule has 16 rings (SSSR count). The summed E-state index contributed by atoms with van der Waals surface area (Å²) in [7, 11) is 0. The SMILES string of the molecule is C1=CC2C3C4=c5c6c7c8c(ccc9c%10ccc%11c%12ccc%13c1c3c1c5c3c6c(c89)c%10c%11c3c%12c%131)C1C=CC2C4C71. The first kappa shape index (κ1) is 16.6. The molecule has 0 amide bonds. The predicted molar refractivity (Wildman–Crippen MR) is 167 cm³/mol. The summed E-state index contributed by atoms with van der Waals surface area (Å²) in [6.07, 6.45) is 10.6. The molecule has 1 fully saturated rings. The van der Waals surface area contributed by atoms with E-state index in [1.165, 1.54) is 26.9 Å². The van der Waals surface area contributed by atoms with E-state index in [9.17, 15) is 0 Å². The van der Waals surface area contributed by atoms with Crippen molar-refractivity contribution in [3.63, 3.8) is 0 Å². The van der Waals surface area contributed by atoms with E-state index in [2.05, 4.69) is 60.7 Å². The van der Waals surface area contributed by atoms with E-state index in [4.69, 9.17) is 0 Å². The summed E-state index contributed by atoms with van der Waals surface area (Å²) in [5.41, 5.74) is 8.51. The number of fused-ring (bicyclic) bond motifs is 5. The normalized spacial score (nSPS) is 30.2. The van der Waals surface area contributed by atoms with Crippen LogP contribution >= 0.6 is 0 Å². The molecule has 0 bridgehead atoms. The molecule has 10 aromatic rings. The molecule has 6 aliphatic carbocycles. The molecular formula is C40H16. The average molecular weight is 497 g/mol. The van der Waals surface area contributed by atoms with Gasteiger partial charge in [-0.15, -0.1) is 0 Å². The zero-order valence-corrected chi connectivity index (χ0v) is 21.2. The third-order valence-corrected chi connectivity index (χ3v) is 13.9. The highest BCUT2D eigenvalue weighted by atomic mass is 14.6. The van der Waals surface area contributed by atoms with Crippen LogP contribution in [0.25, 0.3) is 109 Å². The molecule has 0 aliphatic heterocycles. The van der Waals surface area contributed by atoms with Crippen molar-refractivity contribution < 1.29 is 0 Å². The molecule has 176 valence electrons. The predicted octanol–water partition coefficient (Wildman–Crippen LogP) is 9.31. The maximum atomic E-state index is 2.69. The highest BCUT2D eigenvalue weighted by Crippen LogP contribution is 2.73. The van der Waals surface area contributed by atoms with Gasteiger partial charge < -0.3 is 0 Å². The zero-order chi connectivity index (χ0) is 24.4. The van der Waals surface area contributed by atoms with Gasteiger partial charge in [0.15, 0.2) is 0 Å². The fraction of sp³-hybridized carbons (Fsp3) is 0.150. The average Bonchev–Trinajstić information content (AvgIpc) is 3.79. The fourth-order valence-corrected chi connectivity index (χ4v) is 13.3. The third-order valence-electron chi connectivity index (χ3n) is 13.9. The van der Waals surface area contributed by atoms with Gasteiger partial charge >= 0.3 is 0 Å². The molecule has 1 saturated carbocycles. The van der Waals surface area contributed by atoms with Gasteiger partial charge in [-0.1, -0.05) is 60.7 Å². The molecule has 0 spiro atoms. The summed E-state index contributed by atoms with van der Waals surface area (Å²) in [6, 6.07) is 15.0. The Morgan fingerprint density at radius 3 is 1.88 bits per heavy atom. The van der Waals surface area contributed by atoms with Crippen LogP contribution in [0, 0.1) is 17.8 Å². The first-order chi connectivity index (χ1) is 19.9. The molecule has 0 heterocycles. The standard InChI is InChI=1S/C40H16/c1-2-12-14-5-6-16-18-9-10-20-19-8-7-17-15-4-3-13-11(1)21-22(12)32-24(14)26(16)34-29(18)30(20)35-28(19)27(17)33-25(15)23(13)31(21)36-37(32)39(34)40(35)38(33)36/h1-13,21-23H. The van der Waals surface area contributed by atoms with E-state index in [0.29, 0.717) is 35.5 Å². The van der Waals surface area contributed by atoms with Gasteiger partial charge in [-0.2, -0.15) is 0 Å². The second kappa shape index (κ2) is 4.27. The van der Waals surface area contributed by atoms with Gasteiger partial charge in [-0.3, -0.25) is 0 Å².